The molecular formula is C19H17ClF2N4O2S. The normalized spacial score (nSPS) is 10.9. The molecule has 0 bridgehead atoms. The number of aromatic nitrogens is 3. The van der Waals surface area contributed by atoms with E-state index in [2.05, 4.69) is 14.9 Å². The summed E-state index contributed by atoms with van der Waals surface area (Å²) in [7, 11) is 1.67. The lowest BCUT2D eigenvalue weighted by Crippen LogP contribution is -2.27. The lowest BCUT2D eigenvalue weighted by atomic mass is 10.2. The number of carbonyl (C=O) groups is 1. The van der Waals surface area contributed by atoms with Crippen LogP contribution in [0.15, 0.2) is 60.0 Å². The standard InChI is InChI=1S/C19H17ClF2N4O2S/c1-25(10-13-5-7-16(8-6-13)28-18(21)22)17(27)11-29-19-24-23-12-26(19)15-4-2-3-14(20)9-15/h2-9,12,18H,10-11H2,1H3. The van der Waals surface area contributed by atoms with E-state index in [1.54, 1.807) is 47.1 Å². The third kappa shape index (κ3) is 5.91. The number of amides is 1. The SMILES string of the molecule is CN(Cc1ccc(OC(F)F)cc1)C(=O)CSc1nncn1-c1cccc(Cl)c1. The van der Waals surface area contributed by atoms with Gasteiger partial charge in [0.05, 0.1) is 11.4 Å². The molecule has 0 unspecified atom stereocenters. The van der Waals surface area contributed by atoms with E-state index in [1.807, 2.05) is 12.1 Å². The molecule has 10 heteroatoms. The second-order valence-corrected chi connectivity index (χ2v) is 7.40. The van der Waals surface area contributed by atoms with Crippen molar-refractivity contribution in [1.82, 2.24) is 19.7 Å². The summed E-state index contributed by atoms with van der Waals surface area (Å²) in [5, 5.41) is 9.13. The Labute approximate surface area is 175 Å². The molecule has 0 saturated heterocycles. The van der Waals surface area contributed by atoms with E-state index in [0.29, 0.717) is 16.7 Å². The van der Waals surface area contributed by atoms with Gasteiger partial charge in [0.25, 0.3) is 0 Å². The maximum Gasteiger partial charge on any atom is 0.387 e. The van der Waals surface area contributed by atoms with Crippen LogP contribution in [0.4, 0.5) is 8.78 Å². The summed E-state index contributed by atoms with van der Waals surface area (Å²) in [5.41, 5.74) is 1.60. The third-order valence-electron chi connectivity index (χ3n) is 3.92. The first kappa shape index (κ1) is 21.1. The van der Waals surface area contributed by atoms with Crippen molar-refractivity contribution in [2.45, 2.75) is 18.3 Å². The van der Waals surface area contributed by atoms with Gasteiger partial charge in [0, 0.05) is 18.6 Å². The molecule has 3 rings (SSSR count). The molecule has 0 aliphatic rings. The van der Waals surface area contributed by atoms with E-state index < -0.39 is 6.61 Å². The summed E-state index contributed by atoms with van der Waals surface area (Å²) >= 11 is 7.29. The van der Waals surface area contributed by atoms with Crippen LogP contribution in [-0.2, 0) is 11.3 Å². The van der Waals surface area contributed by atoms with Gasteiger partial charge < -0.3 is 9.64 Å². The van der Waals surface area contributed by atoms with Crippen LogP contribution < -0.4 is 4.74 Å². The van der Waals surface area contributed by atoms with Crippen molar-refractivity contribution < 1.29 is 18.3 Å². The third-order valence-corrected chi connectivity index (χ3v) is 5.08. The minimum absolute atomic E-state index is 0.0774. The zero-order chi connectivity index (χ0) is 20.8. The molecule has 2 aromatic carbocycles. The first-order valence-electron chi connectivity index (χ1n) is 8.49. The van der Waals surface area contributed by atoms with Crippen LogP contribution in [0.2, 0.25) is 5.02 Å². The molecule has 0 aliphatic heterocycles. The Morgan fingerprint density at radius 3 is 2.72 bits per heavy atom. The van der Waals surface area contributed by atoms with E-state index in [1.165, 1.54) is 23.9 Å². The average Bonchev–Trinajstić information content (AvgIpc) is 3.16. The number of halogens is 3. The number of thioether (sulfide) groups is 1. The van der Waals surface area contributed by atoms with Gasteiger partial charge in [-0.25, -0.2) is 0 Å². The fourth-order valence-electron chi connectivity index (χ4n) is 2.50. The van der Waals surface area contributed by atoms with E-state index in [9.17, 15) is 13.6 Å². The summed E-state index contributed by atoms with van der Waals surface area (Å²) in [4.78, 5) is 14.0. The molecular weight excluding hydrogens is 422 g/mol. The van der Waals surface area contributed by atoms with Crippen LogP contribution in [0.1, 0.15) is 5.56 Å². The molecule has 0 spiro atoms. The van der Waals surface area contributed by atoms with E-state index in [-0.39, 0.29) is 17.4 Å². The predicted molar refractivity (Wildman–Crippen MR) is 107 cm³/mol. The molecule has 0 atom stereocenters. The number of benzene rings is 2. The Balaban J connectivity index is 1.56. The summed E-state index contributed by atoms with van der Waals surface area (Å²) in [6, 6.07) is 13.4. The Kier molecular flexibility index (Phi) is 7.05. The second kappa shape index (κ2) is 9.71. The van der Waals surface area contributed by atoms with Crippen molar-refractivity contribution >= 4 is 29.3 Å². The molecule has 6 nitrogen and oxygen atoms in total. The second-order valence-electron chi connectivity index (χ2n) is 6.02. The van der Waals surface area contributed by atoms with Gasteiger partial charge in [0.1, 0.15) is 12.1 Å². The minimum atomic E-state index is -2.86. The molecule has 0 aliphatic carbocycles. The number of rotatable bonds is 8. The van der Waals surface area contributed by atoms with Crippen molar-refractivity contribution in [2.24, 2.45) is 0 Å². The van der Waals surface area contributed by atoms with Gasteiger partial charge in [-0.1, -0.05) is 41.6 Å². The van der Waals surface area contributed by atoms with Gasteiger partial charge in [0.15, 0.2) is 5.16 Å². The molecule has 1 amide bonds. The Hall–Kier alpha value is -2.65. The fourth-order valence-corrected chi connectivity index (χ4v) is 3.55. The minimum Gasteiger partial charge on any atom is -0.435 e. The number of nitrogens with zero attached hydrogens (tertiary/aromatic N) is 4. The molecule has 29 heavy (non-hydrogen) atoms. The Morgan fingerprint density at radius 2 is 2.03 bits per heavy atom. The van der Waals surface area contributed by atoms with Gasteiger partial charge in [0.2, 0.25) is 5.91 Å². The molecule has 1 heterocycles. The number of ether oxygens (including phenoxy) is 1. The van der Waals surface area contributed by atoms with Crippen LogP contribution in [0.5, 0.6) is 5.75 Å². The highest BCUT2D eigenvalue weighted by atomic mass is 35.5. The van der Waals surface area contributed by atoms with Crippen molar-refractivity contribution in [3.63, 3.8) is 0 Å². The molecule has 1 aromatic heterocycles. The van der Waals surface area contributed by atoms with Crippen molar-refractivity contribution in [3.8, 4) is 11.4 Å². The van der Waals surface area contributed by atoms with Crippen LogP contribution >= 0.6 is 23.4 Å². The van der Waals surface area contributed by atoms with Crippen LogP contribution in [-0.4, -0.2) is 45.0 Å². The number of alkyl halides is 2. The molecule has 152 valence electrons. The lowest BCUT2D eigenvalue weighted by Gasteiger charge is -2.17. The molecule has 0 saturated carbocycles. The van der Waals surface area contributed by atoms with Gasteiger partial charge in [-0.3, -0.25) is 9.36 Å². The summed E-state index contributed by atoms with van der Waals surface area (Å²) < 4.78 is 30.5. The molecule has 0 fully saturated rings. The smallest absolute Gasteiger partial charge is 0.387 e. The summed E-state index contributed by atoms with van der Waals surface area (Å²) in [5.74, 6) is 0.139. The number of carbonyl (C=O) groups excluding carboxylic acids is 1. The van der Waals surface area contributed by atoms with Crippen molar-refractivity contribution in [2.75, 3.05) is 12.8 Å². The van der Waals surface area contributed by atoms with E-state index in [4.69, 9.17) is 11.6 Å². The van der Waals surface area contributed by atoms with E-state index in [0.717, 1.165) is 11.3 Å². The molecule has 0 radical (unpaired) electrons. The maximum atomic E-state index is 12.5. The van der Waals surface area contributed by atoms with E-state index >= 15 is 0 Å². The Bertz CT molecular complexity index is 969. The van der Waals surface area contributed by atoms with Crippen molar-refractivity contribution in [3.05, 3.63) is 65.4 Å². The Morgan fingerprint density at radius 1 is 1.28 bits per heavy atom. The van der Waals surface area contributed by atoms with Gasteiger partial charge in [-0.15, -0.1) is 10.2 Å². The zero-order valence-corrected chi connectivity index (χ0v) is 16.9. The average molecular weight is 439 g/mol. The summed E-state index contributed by atoms with van der Waals surface area (Å²) in [6.45, 7) is -2.52. The maximum absolute atomic E-state index is 12.5. The number of hydrogen-bond acceptors (Lipinski definition) is 5. The topological polar surface area (TPSA) is 60.2 Å². The quantitative estimate of drug-likeness (QED) is 0.491. The largest absolute Gasteiger partial charge is 0.435 e. The monoisotopic (exact) mass is 438 g/mol. The van der Waals surface area contributed by atoms with Crippen molar-refractivity contribution in [1.29, 1.82) is 0 Å². The summed E-state index contributed by atoms with van der Waals surface area (Å²) in [6.07, 6.45) is 1.56. The first-order chi connectivity index (χ1) is 13.9. The predicted octanol–water partition coefficient (Wildman–Crippen LogP) is 4.27. The number of hydrogen-bond donors (Lipinski definition) is 0. The highest BCUT2D eigenvalue weighted by molar-refractivity contribution is 7.99. The zero-order valence-electron chi connectivity index (χ0n) is 15.3. The molecule has 3 aromatic rings. The van der Waals surface area contributed by atoms with Crippen LogP contribution in [0, 0.1) is 0 Å². The fraction of sp³-hybridized carbons (Fsp3) is 0.211. The van der Waals surface area contributed by atoms with Crippen LogP contribution in [0.3, 0.4) is 0 Å². The lowest BCUT2D eigenvalue weighted by molar-refractivity contribution is -0.127. The highest BCUT2D eigenvalue weighted by Crippen LogP contribution is 2.22. The van der Waals surface area contributed by atoms with Gasteiger partial charge >= 0.3 is 6.61 Å². The molecule has 0 N–H and O–H groups in total. The van der Waals surface area contributed by atoms with Crippen LogP contribution in [0.25, 0.3) is 5.69 Å². The highest BCUT2D eigenvalue weighted by Gasteiger charge is 2.14. The first-order valence-corrected chi connectivity index (χ1v) is 9.85. The van der Waals surface area contributed by atoms with Gasteiger partial charge in [-0.05, 0) is 35.9 Å². The van der Waals surface area contributed by atoms with Gasteiger partial charge in [-0.2, -0.15) is 8.78 Å².